The summed E-state index contributed by atoms with van der Waals surface area (Å²) in [5.74, 6) is 1.62. The van der Waals surface area contributed by atoms with Gasteiger partial charge in [0.1, 0.15) is 11.5 Å². The van der Waals surface area contributed by atoms with Gasteiger partial charge < -0.3 is 10.2 Å². The molecule has 0 atom stereocenters. The minimum absolute atomic E-state index is 0.375. The Morgan fingerprint density at radius 2 is 0.812 bits per heavy atom. The second-order valence-corrected chi connectivity index (χ2v) is 10.1. The number of phenolic OH excluding ortho intramolecular Hbond substituents is 2. The normalized spacial score (nSPS) is 11.6. The van der Waals surface area contributed by atoms with Gasteiger partial charge in [0.25, 0.3) is 0 Å². The van der Waals surface area contributed by atoms with E-state index in [4.69, 9.17) is 0 Å². The maximum absolute atomic E-state index is 9.95. The molecule has 2 rings (SSSR count). The lowest BCUT2D eigenvalue weighted by molar-refractivity contribution is 0.464. The van der Waals surface area contributed by atoms with Crippen LogP contribution >= 0.6 is 0 Å². The smallest absolute Gasteiger partial charge is 0.119 e. The molecular formula is C30H46O2. The van der Waals surface area contributed by atoms with Gasteiger partial charge in [-0.15, -0.1) is 0 Å². The maximum atomic E-state index is 9.95. The van der Waals surface area contributed by atoms with Gasteiger partial charge in [0.05, 0.1) is 0 Å². The zero-order chi connectivity index (χ0) is 23.3. The Balaban J connectivity index is 1.46. The van der Waals surface area contributed by atoms with Crippen molar-refractivity contribution in [2.24, 2.45) is 0 Å². The molecule has 178 valence electrons. The lowest BCUT2D eigenvalue weighted by atomic mass is 9.96. The number of hydrogen-bond acceptors (Lipinski definition) is 2. The lowest BCUT2D eigenvalue weighted by Crippen LogP contribution is -1.93. The average molecular weight is 439 g/mol. The zero-order valence-electron chi connectivity index (χ0n) is 21.0. The fourth-order valence-corrected chi connectivity index (χ4v) is 4.52. The van der Waals surface area contributed by atoms with Crippen LogP contribution in [0.15, 0.2) is 36.4 Å². The van der Waals surface area contributed by atoms with E-state index in [-0.39, 0.29) is 0 Å². The van der Waals surface area contributed by atoms with E-state index >= 15 is 0 Å². The molecule has 2 aromatic carbocycles. The standard InChI is InChI=1S/C30H46O2/c1-23(2)27-21-25(17-19-29(27)31)15-13-11-9-7-5-6-8-10-12-14-16-26-18-20-30(32)28(22-26)24(3)4/h17-24,31-32H,5-16H2,1-4H3. The summed E-state index contributed by atoms with van der Waals surface area (Å²) in [6.45, 7) is 8.54. The Labute approximate surface area is 197 Å². The van der Waals surface area contributed by atoms with E-state index in [1.165, 1.54) is 75.3 Å². The van der Waals surface area contributed by atoms with Gasteiger partial charge in [0.2, 0.25) is 0 Å². The summed E-state index contributed by atoms with van der Waals surface area (Å²) in [5, 5.41) is 19.9. The van der Waals surface area contributed by atoms with E-state index in [2.05, 4.69) is 52.0 Å². The van der Waals surface area contributed by atoms with Crippen LogP contribution in [0.25, 0.3) is 0 Å². The second kappa shape index (κ2) is 14.2. The number of phenols is 2. The van der Waals surface area contributed by atoms with Crippen LogP contribution in [0.5, 0.6) is 11.5 Å². The third-order valence-corrected chi connectivity index (χ3v) is 6.61. The molecule has 0 fully saturated rings. The van der Waals surface area contributed by atoms with Crippen LogP contribution in [-0.4, -0.2) is 10.2 Å². The highest BCUT2D eigenvalue weighted by Crippen LogP contribution is 2.28. The van der Waals surface area contributed by atoms with Gasteiger partial charge in [-0.05, 0) is 71.9 Å². The van der Waals surface area contributed by atoms with Crippen LogP contribution in [0.3, 0.4) is 0 Å². The monoisotopic (exact) mass is 438 g/mol. The number of aromatic hydroxyl groups is 2. The van der Waals surface area contributed by atoms with Gasteiger partial charge >= 0.3 is 0 Å². The van der Waals surface area contributed by atoms with Crippen molar-refractivity contribution in [2.45, 2.75) is 117 Å². The lowest BCUT2D eigenvalue weighted by Gasteiger charge is -2.11. The molecule has 2 nitrogen and oxygen atoms in total. The van der Waals surface area contributed by atoms with Crippen molar-refractivity contribution in [3.05, 3.63) is 58.7 Å². The third kappa shape index (κ3) is 9.27. The molecule has 0 saturated carbocycles. The molecule has 0 unspecified atom stereocenters. The minimum Gasteiger partial charge on any atom is -0.508 e. The molecule has 2 heteroatoms. The van der Waals surface area contributed by atoms with Gasteiger partial charge in [-0.2, -0.15) is 0 Å². The largest absolute Gasteiger partial charge is 0.508 e. The highest BCUT2D eigenvalue weighted by Gasteiger charge is 2.08. The molecule has 2 aromatic rings. The molecular weight excluding hydrogens is 392 g/mol. The SMILES string of the molecule is CC(C)c1cc(CCCCCCCCCCCCc2ccc(O)c(C(C)C)c2)ccc1O. The Kier molecular flexibility index (Phi) is 11.7. The quantitative estimate of drug-likeness (QED) is 0.272. The van der Waals surface area contributed by atoms with Crippen LogP contribution in [0.1, 0.15) is 126 Å². The van der Waals surface area contributed by atoms with Crippen molar-refractivity contribution in [2.75, 3.05) is 0 Å². The van der Waals surface area contributed by atoms with Crippen molar-refractivity contribution < 1.29 is 10.2 Å². The summed E-state index contributed by atoms with van der Waals surface area (Å²) in [6, 6.07) is 12.2. The number of aryl methyl sites for hydroxylation is 2. The molecule has 0 aliphatic heterocycles. The van der Waals surface area contributed by atoms with Gasteiger partial charge in [0.15, 0.2) is 0 Å². The van der Waals surface area contributed by atoms with E-state index < -0.39 is 0 Å². The number of hydrogen-bond donors (Lipinski definition) is 2. The summed E-state index contributed by atoms with van der Waals surface area (Å²) in [4.78, 5) is 0. The molecule has 0 aromatic heterocycles. The molecule has 0 saturated heterocycles. The first-order valence-corrected chi connectivity index (χ1v) is 13.0. The summed E-state index contributed by atoms with van der Waals surface area (Å²) in [7, 11) is 0. The third-order valence-electron chi connectivity index (χ3n) is 6.61. The average Bonchev–Trinajstić information content (AvgIpc) is 2.76. The molecule has 0 amide bonds. The molecule has 0 heterocycles. The highest BCUT2D eigenvalue weighted by molar-refractivity contribution is 5.39. The Hall–Kier alpha value is -1.96. The van der Waals surface area contributed by atoms with E-state index in [1.807, 2.05) is 12.1 Å². The van der Waals surface area contributed by atoms with Gasteiger partial charge in [0, 0.05) is 0 Å². The van der Waals surface area contributed by atoms with Crippen LogP contribution in [0, 0.1) is 0 Å². The molecule has 2 N–H and O–H groups in total. The fourth-order valence-electron chi connectivity index (χ4n) is 4.52. The van der Waals surface area contributed by atoms with E-state index in [1.54, 1.807) is 0 Å². The first-order chi connectivity index (χ1) is 15.4. The Morgan fingerprint density at radius 1 is 0.500 bits per heavy atom. The summed E-state index contributed by atoms with van der Waals surface area (Å²) in [6.07, 6.45) is 15.5. The van der Waals surface area contributed by atoms with Gasteiger partial charge in [-0.1, -0.05) is 103 Å². The molecule has 0 aliphatic rings. The van der Waals surface area contributed by atoms with Crippen LogP contribution in [0.4, 0.5) is 0 Å². The molecule has 0 bridgehead atoms. The first-order valence-electron chi connectivity index (χ1n) is 13.0. The molecule has 0 aliphatic carbocycles. The number of unbranched alkanes of at least 4 members (excludes halogenated alkanes) is 9. The van der Waals surface area contributed by atoms with E-state index in [9.17, 15) is 10.2 Å². The number of rotatable bonds is 15. The van der Waals surface area contributed by atoms with E-state index in [0.717, 1.165) is 24.0 Å². The van der Waals surface area contributed by atoms with Crippen LogP contribution in [-0.2, 0) is 12.8 Å². The van der Waals surface area contributed by atoms with E-state index in [0.29, 0.717) is 23.3 Å². The zero-order valence-corrected chi connectivity index (χ0v) is 21.0. The predicted molar refractivity (Wildman–Crippen MR) is 138 cm³/mol. The summed E-state index contributed by atoms with van der Waals surface area (Å²) in [5.41, 5.74) is 4.87. The second-order valence-electron chi connectivity index (χ2n) is 10.1. The van der Waals surface area contributed by atoms with Crippen LogP contribution < -0.4 is 0 Å². The van der Waals surface area contributed by atoms with Crippen LogP contribution in [0.2, 0.25) is 0 Å². The topological polar surface area (TPSA) is 40.5 Å². The number of benzene rings is 2. The first kappa shape index (κ1) is 26.3. The minimum atomic E-state index is 0.375. The van der Waals surface area contributed by atoms with Gasteiger partial charge in [-0.3, -0.25) is 0 Å². The predicted octanol–water partition coefficient (Wildman–Crippen LogP) is 9.03. The molecule has 32 heavy (non-hydrogen) atoms. The fraction of sp³-hybridized carbons (Fsp3) is 0.600. The van der Waals surface area contributed by atoms with Crippen molar-refractivity contribution in [3.8, 4) is 11.5 Å². The van der Waals surface area contributed by atoms with Crippen molar-refractivity contribution >= 4 is 0 Å². The Morgan fingerprint density at radius 3 is 1.12 bits per heavy atom. The maximum Gasteiger partial charge on any atom is 0.119 e. The molecule has 0 spiro atoms. The highest BCUT2D eigenvalue weighted by atomic mass is 16.3. The summed E-state index contributed by atoms with van der Waals surface area (Å²) >= 11 is 0. The van der Waals surface area contributed by atoms with Crippen molar-refractivity contribution in [1.82, 2.24) is 0 Å². The van der Waals surface area contributed by atoms with Crippen molar-refractivity contribution in [1.29, 1.82) is 0 Å². The van der Waals surface area contributed by atoms with Crippen molar-refractivity contribution in [3.63, 3.8) is 0 Å². The Bertz CT molecular complexity index is 724. The van der Waals surface area contributed by atoms with Gasteiger partial charge in [-0.25, -0.2) is 0 Å². The molecule has 0 radical (unpaired) electrons. The summed E-state index contributed by atoms with van der Waals surface area (Å²) < 4.78 is 0.